The van der Waals surface area contributed by atoms with E-state index in [1.807, 2.05) is 65.8 Å². The van der Waals surface area contributed by atoms with E-state index >= 15 is 0 Å². The lowest BCUT2D eigenvalue weighted by Crippen LogP contribution is -2.56. The average Bonchev–Trinajstić information content (AvgIpc) is 3.72. The topological polar surface area (TPSA) is 236 Å². The molecule has 4 heterocycles. The van der Waals surface area contributed by atoms with E-state index in [-0.39, 0.29) is 42.9 Å². The first-order valence-electron chi connectivity index (χ1n) is 20.7. The number of rotatable bonds is 5. The molecule has 9 amide bonds. The van der Waals surface area contributed by atoms with Crippen molar-refractivity contribution < 1.29 is 47.8 Å². The van der Waals surface area contributed by atoms with Crippen molar-refractivity contribution in [3.05, 3.63) is 59.7 Å². The fourth-order valence-electron chi connectivity index (χ4n) is 8.05. The number of amides is 9. The normalized spacial score (nSPS) is 19.0. The van der Waals surface area contributed by atoms with Gasteiger partial charge in [-0.3, -0.25) is 19.4 Å². The third kappa shape index (κ3) is 10.5. The summed E-state index contributed by atoms with van der Waals surface area (Å²) in [5, 5.41) is 5.55. The summed E-state index contributed by atoms with van der Waals surface area (Å²) < 4.78 is 15.6. The van der Waals surface area contributed by atoms with E-state index in [4.69, 9.17) is 25.7 Å². The molecule has 0 radical (unpaired) electrons. The van der Waals surface area contributed by atoms with E-state index < -0.39 is 40.5 Å². The van der Waals surface area contributed by atoms with Gasteiger partial charge in [0, 0.05) is 51.7 Å². The number of fused-ring (bicyclic) bond motifs is 3. The van der Waals surface area contributed by atoms with Gasteiger partial charge in [-0.2, -0.15) is 0 Å². The van der Waals surface area contributed by atoms with Crippen molar-refractivity contribution in [3.8, 4) is 11.1 Å². The van der Waals surface area contributed by atoms with Gasteiger partial charge in [0.25, 0.3) is 11.8 Å². The van der Waals surface area contributed by atoms with Crippen LogP contribution in [0.2, 0.25) is 0 Å². The van der Waals surface area contributed by atoms with Gasteiger partial charge < -0.3 is 46.1 Å². The van der Waals surface area contributed by atoms with Gasteiger partial charge in [-0.25, -0.2) is 24.0 Å². The van der Waals surface area contributed by atoms with Crippen molar-refractivity contribution in [2.75, 3.05) is 52.4 Å². The van der Waals surface area contributed by atoms with E-state index in [0.717, 1.165) is 4.90 Å². The lowest BCUT2D eigenvalue weighted by molar-refractivity contribution is -0.133. The number of benzene rings is 2. The smallest absolute Gasteiger partial charge is 0.410 e. The summed E-state index contributed by atoms with van der Waals surface area (Å²) >= 11 is 0. The number of hydrogen-bond acceptors (Lipinski definition) is 11. The first-order chi connectivity index (χ1) is 28.6. The summed E-state index contributed by atoms with van der Waals surface area (Å²) in [6, 6.07) is 15.6. The third-order valence-corrected chi connectivity index (χ3v) is 11.1. The molecule has 2 aromatic carbocycles. The van der Waals surface area contributed by atoms with E-state index in [9.17, 15) is 33.6 Å². The second-order valence-electron chi connectivity index (χ2n) is 17.6. The van der Waals surface area contributed by atoms with Crippen molar-refractivity contribution in [1.29, 1.82) is 0 Å². The molecule has 6 N–H and O–H groups in total. The van der Waals surface area contributed by atoms with E-state index in [0.29, 0.717) is 65.0 Å². The molecule has 7 rings (SSSR count). The molecule has 5 aliphatic rings. The van der Waals surface area contributed by atoms with Crippen molar-refractivity contribution in [2.45, 2.75) is 102 Å². The minimum absolute atomic E-state index is 0.0879. The zero-order valence-corrected chi connectivity index (χ0v) is 36.2. The van der Waals surface area contributed by atoms with Crippen LogP contribution < -0.4 is 22.1 Å². The summed E-state index contributed by atoms with van der Waals surface area (Å²) in [5.74, 6) is -0.337. The van der Waals surface area contributed by atoms with Crippen molar-refractivity contribution >= 4 is 42.2 Å². The first kappa shape index (κ1) is 46.2. The zero-order chi connectivity index (χ0) is 44.9. The van der Waals surface area contributed by atoms with Crippen molar-refractivity contribution in [2.24, 2.45) is 11.5 Å². The molecule has 332 valence electrons. The predicted molar refractivity (Wildman–Crippen MR) is 224 cm³/mol. The minimum atomic E-state index is -0.898. The first-order valence-corrected chi connectivity index (χ1v) is 20.7. The second kappa shape index (κ2) is 18.4. The lowest BCUT2D eigenvalue weighted by atomic mass is 9.87. The van der Waals surface area contributed by atoms with Gasteiger partial charge in [-0.1, -0.05) is 48.5 Å². The molecule has 18 nitrogen and oxygen atoms in total. The summed E-state index contributed by atoms with van der Waals surface area (Å²) in [5.41, 5.74) is 12.5. The molecule has 1 aliphatic carbocycles. The van der Waals surface area contributed by atoms with Crippen molar-refractivity contribution in [3.63, 3.8) is 0 Å². The third-order valence-electron chi connectivity index (χ3n) is 11.1. The van der Waals surface area contributed by atoms with Gasteiger partial charge in [0.05, 0.1) is 0 Å². The molecule has 0 saturated carbocycles. The molecule has 0 bridgehead atoms. The van der Waals surface area contributed by atoms with Crippen LogP contribution in [0, 0.1) is 0 Å². The number of ether oxygens (including phenoxy) is 3. The van der Waals surface area contributed by atoms with Gasteiger partial charge in [-0.05, 0) is 96.4 Å². The van der Waals surface area contributed by atoms with Gasteiger partial charge >= 0.3 is 30.3 Å². The average molecular weight is 849 g/mol. The van der Waals surface area contributed by atoms with E-state index in [2.05, 4.69) is 34.9 Å². The SMILES string of the molecule is CC(C)(C)OC(=O)N1CCC2(CC1)NC(=O)N(CCN)C2=O.CCN1C(=O)NC2(CCN(C(=O)OC(C)(C)C)CC2)C1=O.NC(=O)OCC1c2ccccc2-c2ccccc21. The maximum absolute atomic E-state index is 12.4. The van der Waals surface area contributed by atoms with Gasteiger partial charge in [0.1, 0.15) is 28.9 Å². The molecule has 4 saturated heterocycles. The van der Waals surface area contributed by atoms with Gasteiger partial charge in [0.15, 0.2) is 0 Å². The van der Waals surface area contributed by atoms with E-state index in [1.165, 1.54) is 27.2 Å². The zero-order valence-electron chi connectivity index (χ0n) is 36.2. The Hall–Kier alpha value is -5.91. The molecule has 2 aromatic rings. The number of likely N-dealkylation sites (N-methyl/N-ethyl adjacent to an activating group) is 1. The van der Waals surface area contributed by atoms with Crippen LogP contribution in [0.1, 0.15) is 91.2 Å². The molecule has 0 aromatic heterocycles. The summed E-state index contributed by atoms with van der Waals surface area (Å²) in [6.45, 7) is 15.3. The molecule has 4 fully saturated rings. The minimum Gasteiger partial charge on any atom is -0.449 e. The number of urea groups is 2. The second-order valence-corrected chi connectivity index (χ2v) is 17.6. The highest BCUT2D eigenvalue weighted by atomic mass is 16.6. The number of nitrogens with one attached hydrogen (secondary N) is 2. The highest BCUT2D eigenvalue weighted by molar-refractivity contribution is 6.08. The molecule has 0 unspecified atom stereocenters. The Labute approximate surface area is 356 Å². The Morgan fingerprint density at radius 2 is 1.08 bits per heavy atom. The molecule has 2 spiro atoms. The van der Waals surface area contributed by atoms with Gasteiger partial charge in [0.2, 0.25) is 0 Å². The van der Waals surface area contributed by atoms with Crippen LogP contribution in [0.25, 0.3) is 11.1 Å². The van der Waals surface area contributed by atoms with Crippen molar-refractivity contribution in [1.82, 2.24) is 30.2 Å². The number of piperidine rings is 2. The van der Waals surface area contributed by atoms with Gasteiger partial charge in [-0.15, -0.1) is 0 Å². The van der Waals surface area contributed by atoms with Crippen LogP contribution in [-0.2, 0) is 23.8 Å². The monoisotopic (exact) mass is 848 g/mol. The lowest BCUT2D eigenvalue weighted by Gasteiger charge is -2.37. The van der Waals surface area contributed by atoms with Crippen LogP contribution in [0.5, 0.6) is 0 Å². The molecular formula is C43H60N8O10. The maximum atomic E-state index is 12.4. The fraction of sp³-hybridized carbons (Fsp3) is 0.558. The number of carbonyl (C=O) groups is 7. The number of imide groups is 2. The summed E-state index contributed by atoms with van der Waals surface area (Å²) in [4.78, 5) is 88.8. The van der Waals surface area contributed by atoms with Crippen LogP contribution in [0.15, 0.2) is 48.5 Å². The number of nitrogens with two attached hydrogens (primary N) is 2. The van der Waals surface area contributed by atoms with Crippen LogP contribution in [-0.4, -0.2) is 136 Å². The quantitative estimate of drug-likeness (QED) is 0.242. The molecule has 18 heteroatoms. The fourth-order valence-corrected chi connectivity index (χ4v) is 8.05. The number of carbonyl (C=O) groups excluding carboxylic acids is 7. The summed E-state index contributed by atoms with van der Waals surface area (Å²) in [7, 11) is 0. The van der Waals surface area contributed by atoms with E-state index in [1.54, 1.807) is 16.7 Å². The Kier molecular flexibility index (Phi) is 13.9. The van der Waals surface area contributed by atoms with Crippen LogP contribution in [0.4, 0.5) is 24.0 Å². The summed E-state index contributed by atoms with van der Waals surface area (Å²) in [6.07, 6.45) is 0.132. The highest BCUT2D eigenvalue weighted by Gasteiger charge is 2.54. The Morgan fingerprint density at radius 1 is 0.689 bits per heavy atom. The maximum Gasteiger partial charge on any atom is 0.410 e. The predicted octanol–water partition coefficient (Wildman–Crippen LogP) is 4.49. The molecule has 61 heavy (non-hydrogen) atoms. The number of primary amides is 1. The van der Waals surface area contributed by atoms with Crippen LogP contribution in [0.3, 0.4) is 0 Å². The van der Waals surface area contributed by atoms with Crippen LogP contribution >= 0.6 is 0 Å². The standard InChI is InChI=1S/C15H13NO2.C14H24N4O4.C14H23N3O4/c16-15(17)18-9-14-12-7-3-1-5-10(12)11-6-2-4-8-13(11)14;1-13(2,3)22-12(21)17-7-4-14(5-8-17)10(19)18(9-6-15)11(20)16-14;1-5-17-10(18)14(15-11(17)19)6-8-16(9-7-14)12(20)21-13(2,3)4/h1-8,14H,9H2,(H2,16,17);4-9,15H2,1-3H3,(H,16,20);5-9H2,1-4H3,(H,15,19). The number of nitrogens with zero attached hydrogens (tertiary/aromatic N) is 4. The highest BCUT2D eigenvalue weighted by Crippen LogP contribution is 2.44. The Balaban J connectivity index is 0.000000174. The number of hydrogen-bond donors (Lipinski definition) is 4. The Morgan fingerprint density at radius 3 is 1.44 bits per heavy atom. The molecular weight excluding hydrogens is 789 g/mol. The largest absolute Gasteiger partial charge is 0.449 e. The number of likely N-dealkylation sites (tertiary alicyclic amines) is 2. The molecule has 4 aliphatic heterocycles. The Bertz CT molecular complexity index is 1950. The molecule has 0 atom stereocenters.